The summed E-state index contributed by atoms with van der Waals surface area (Å²) < 4.78 is 0. The molecule has 3 rings (SSSR count). The zero-order valence-electron chi connectivity index (χ0n) is 10.3. The zero-order valence-corrected chi connectivity index (χ0v) is 10.3. The molecule has 0 saturated heterocycles. The number of carbonyl (C=O) groups is 1. The maximum absolute atomic E-state index is 12.0. The molecule has 17 heavy (non-hydrogen) atoms. The molecule has 2 heteroatoms. The minimum Gasteiger partial charge on any atom is -0.349 e. The molecule has 1 saturated carbocycles. The van der Waals surface area contributed by atoms with E-state index in [1.54, 1.807) is 0 Å². The third-order valence-corrected chi connectivity index (χ3v) is 4.13. The van der Waals surface area contributed by atoms with Crippen LogP contribution in [0, 0.1) is 11.8 Å². The van der Waals surface area contributed by atoms with Gasteiger partial charge in [0, 0.05) is 5.92 Å². The van der Waals surface area contributed by atoms with E-state index in [0.717, 1.165) is 19.3 Å². The largest absolute Gasteiger partial charge is 0.349 e. The van der Waals surface area contributed by atoms with Crippen molar-refractivity contribution in [3.63, 3.8) is 0 Å². The van der Waals surface area contributed by atoms with Crippen LogP contribution in [0.25, 0.3) is 0 Å². The smallest absolute Gasteiger partial charge is 0.223 e. The summed E-state index contributed by atoms with van der Waals surface area (Å²) in [6.07, 6.45) is 4.49. The van der Waals surface area contributed by atoms with E-state index in [9.17, 15) is 4.79 Å². The summed E-state index contributed by atoms with van der Waals surface area (Å²) in [5, 5.41) is 3.23. The molecule has 0 spiro atoms. The highest BCUT2D eigenvalue weighted by molar-refractivity contribution is 5.81. The number of nitrogens with one attached hydrogen (secondary N) is 1. The molecule has 1 aromatic carbocycles. The fourth-order valence-corrected chi connectivity index (χ4v) is 2.87. The van der Waals surface area contributed by atoms with Gasteiger partial charge in [-0.15, -0.1) is 0 Å². The van der Waals surface area contributed by atoms with Crippen LogP contribution >= 0.6 is 0 Å². The lowest BCUT2D eigenvalue weighted by molar-refractivity contribution is -0.123. The first-order chi connectivity index (χ1) is 8.25. The molecular formula is C15H19NO. The Kier molecular flexibility index (Phi) is 2.65. The van der Waals surface area contributed by atoms with Crippen molar-refractivity contribution in [3.8, 4) is 0 Å². The summed E-state index contributed by atoms with van der Waals surface area (Å²) in [5.74, 6) is 1.14. The van der Waals surface area contributed by atoms with Crippen molar-refractivity contribution in [2.75, 3.05) is 0 Å². The van der Waals surface area contributed by atoms with Crippen LogP contribution in [0.2, 0.25) is 0 Å². The SMILES string of the molecule is C[C@H]1C[C@@H]1C(=O)N[C@@H]1CCCc2ccccc21. The first kappa shape index (κ1) is 10.8. The van der Waals surface area contributed by atoms with Crippen molar-refractivity contribution in [1.82, 2.24) is 5.32 Å². The lowest BCUT2D eigenvalue weighted by atomic mass is 9.87. The summed E-state index contributed by atoms with van der Waals surface area (Å²) in [6.45, 7) is 2.15. The van der Waals surface area contributed by atoms with Crippen molar-refractivity contribution in [1.29, 1.82) is 0 Å². The minimum absolute atomic E-state index is 0.250. The maximum atomic E-state index is 12.0. The van der Waals surface area contributed by atoms with E-state index in [1.807, 2.05) is 0 Å². The Balaban J connectivity index is 1.74. The van der Waals surface area contributed by atoms with Crippen LogP contribution in [-0.4, -0.2) is 5.91 Å². The van der Waals surface area contributed by atoms with E-state index in [2.05, 4.69) is 36.5 Å². The highest BCUT2D eigenvalue weighted by atomic mass is 16.2. The number of hydrogen-bond donors (Lipinski definition) is 1. The lowest BCUT2D eigenvalue weighted by Gasteiger charge is -2.26. The van der Waals surface area contributed by atoms with Crippen LogP contribution in [0.1, 0.15) is 43.4 Å². The van der Waals surface area contributed by atoms with Crippen LogP contribution in [0.5, 0.6) is 0 Å². The maximum Gasteiger partial charge on any atom is 0.223 e. The molecule has 1 amide bonds. The van der Waals surface area contributed by atoms with E-state index < -0.39 is 0 Å². The Morgan fingerprint density at radius 2 is 2.12 bits per heavy atom. The van der Waals surface area contributed by atoms with Gasteiger partial charge in [0.2, 0.25) is 5.91 Å². The molecule has 3 atom stereocenters. The zero-order chi connectivity index (χ0) is 11.8. The molecule has 2 nitrogen and oxygen atoms in total. The van der Waals surface area contributed by atoms with Crippen LogP contribution in [-0.2, 0) is 11.2 Å². The third-order valence-electron chi connectivity index (χ3n) is 4.13. The summed E-state index contributed by atoms with van der Waals surface area (Å²) >= 11 is 0. The fourth-order valence-electron chi connectivity index (χ4n) is 2.87. The van der Waals surface area contributed by atoms with Crippen molar-refractivity contribution < 1.29 is 4.79 Å². The normalized spacial score (nSPS) is 30.5. The van der Waals surface area contributed by atoms with Gasteiger partial charge < -0.3 is 5.32 Å². The Bertz CT molecular complexity index is 440. The molecule has 1 aromatic rings. The van der Waals surface area contributed by atoms with E-state index >= 15 is 0 Å². The number of hydrogen-bond acceptors (Lipinski definition) is 1. The molecule has 1 fully saturated rings. The molecule has 1 N–H and O–H groups in total. The van der Waals surface area contributed by atoms with Crippen LogP contribution in [0.15, 0.2) is 24.3 Å². The summed E-state index contributed by atoms with van der Waals surface area (Å²) in [7, 11) is 0. The highest BCUT2D eigenvalue weighted by Gasteiger charge is 2.40. The third kappa shape index (κ3) is 2.08. The topological polar surface area (TPSA) is 29.1 Å². The van der Waals surface area contributed by atoms with Crippen molar-refractivity contribution in [3.05, 3.63) is 35.4 Å². The average Bonchev–Trinajstić information content (AvgIpc) is 3.07. The standard InChI is InChI=1S/C15H19NO/c1-10-9-13(10)15(17)16-14-8-4-6-11-5-2-3-7-12(11)14/h2-3,5,7,10,13-14H,4,6,8-9H2,1H3,(H,16,17)/t10-,13-,14+/m0/s1. The molecule has 0 bridgehead atoms. The second kappa shape index (κ2) is 4.17. The van der Waals surface area contributed by atoms with Crippen LogP contribution < -0.4 is 5.32 Å². The number of carbonyl (C=O) groups excluding carboxylic acids is 1. The number of aryl methyl sites for hydroxylation is 1. The second-order valence-corrected chi connectivity index (χ2v) is 5.47. The molecule has 2 aliphatic carbocycles. The van der Waals surface area contributed by atoms with E-state index in [0.29, 0.717) is 5.92 Å². The van der Waals surface area contributed by atoms with Gasteiger partial charge in [-0.25, -0.2) is 0 Å². The van der Waals surface area contributed by atoms with Gasteiger partial charge in [0.05, 0.1) is 6.04 Å². The Morgan fingerprint density at radius 3 is 2.88 bits per heavy atom. The molecule has 90 valence electrons. The predicted octanol–water partition coefficient (Wildman–Crippen LogP) is 2.84. The molecule has 0 heterocycles. The number of rotatable bonds is 2. The average molecular weight is 229 g/mol. The van der Waals surface area contributed by atoms with Crippen LogP contribution in [0.4, 0.5) is 0 Å². The molecule has 0 radical (unpaired) electrons. The van der Waals surface area contributed by atoms with Gasteiger partial charge in [-0.05, 0) is 42.7 Å². The van der Waals surface area contributed by atoms with E-state index in [1.165, 1.54) is 17.5 Å². The van der Waals surface area contributed by atoms with Gasteiger partial charge in [0.15, 0.2) is 0 Å². The summed E-state index contributed by atoms with van der Waals surface area (Å²) in [6, 6.07) is 8.76. The van der Waals surface area contributed by atoms with Crippen molar-refractivity contribution in [2.45, 2.75) is 38.6 Å². The number of fused-ring (bicyclic) bond motifs is 1. The van der Waals surface area contributed by atoms with Gasteiger partial charge in [0.25, 0.3) is 0 Å². The lowest BCUT2D eigenvalue weighted by Crippen LogP contribution is -2.32. The monoisotopic (exact) mass is 229 g/mol. The van der Waals surface area contributed by atoms with Crippen molar-refractivity contribution in [2.24, 2.45) is 11.8 Å². The summed E-state index contributed by atoms with van der Waals surface area (Å²) in [5.41, 5.74) is 2.74. The first-order valence-electron chi connectivity index (χ1n) is 6.64. The first-order valence-corrected chi connectivity index (χ1v) is 6.64. The van der Waals surface area contributed by atoms with E-state index in [-0.39, 0.29) is 17.9 Å². The highest BCUT2D eigenvalue weighted by Crippen LogP contribution is 2.39. The number of amides is 1. The molecule has 2 aliphatic rings. The van der Waals surface area contributed by atoms with Crippen molar-refractivity contribution >= 4 is 5.91 Å². The number of benzene rings is 1. The van der Waals surface area contributed by atoms with E-state index in [4.69, 9.17) is 0 Å². The molecule has 0 aromatic heterocycles. The second-order valence-electron chi connectivity index (χ2n) is 5.47. The van der Waals surface area contributed by atoms with Crippen LogP contribution in [0.3, 0.4) is 0 Å². The molecule has 0 aliphatic heterocycles. The van der Waals surface area contributed by atoms with Gasteiger partial charge in [-0.2, -0.15) is 0 Å². The summed E-state index contributed by atoms with van der Waals surface area (Å²) in [4.78, 5) is 12.0. The Labute approximate surface area is 102 Å². The predicted molar refractivity (Wildman–Crippen MR) is 67.5 cm³/mol. The Hall–Kier alpha value is -1.31. The minimum atomic E-state index is 0.250. The van der Waals surface area contributed by atoms with Gasteiger partial charge >= 0.3 is 0 Å². The van der Waals surface area contributed by atoms with Gasteiger partial charge in [0.1, 0.15) is 0 Å². The Morgan fingerprint density at radius 1 is 1.35 bits per heavy atom. The van der Waals surface area contributed by atoms with Gasteiger partial charge in [-0.3, -0.25) is 4.79 Å². The fraction of sp³-hybridized carbons (Fsp3) is 0.533. The molecular weight excluding hydrogens is 210 g/mol. The quantitative estimate of drug-likeness (QED) is 0.830. The molecule has 0 unspecified atom stereocenters. The van der Waals surface area contributed by atoms with Gasteiger partial charge in [-0.1, -0.05) is 31.2 Å².